The molecule has 0 aliphatic rings. The van der Waals surface area contributed by atoms with Crippen LogP contribution in [0, 0.1) is 3.57 Å². The third-order valence-electron chi connectivity index (χ3n) is 6.24. The first-order valence-electron chi connectivity index (χ1n) is 15.4. The molecule has 6 nitrogen and oxygen atoms in total. The molecule has 0 atom stereocenters. The topological polar surface area (TPSA) is 66.4 Å². The molecule has 4 aromatic rings. The highest BCUT2D eigenvalue weighted by Gasteiger charge is 2.01. The molecule has 4 rings (SSSR count). The summed E-state index contributed by atoms with van der Waals surface area (Å²) in [6.07, 6.45) is 4.56. The van der Waals surface area contributed by atoms with Gasteiger partial charge >= 0.3 is 0 Å². The van der Waals surface area contributed by atoms with Crippen molar-refractivity contribution >= 4 is 44.1 Å². The largest absolute Gasteiger partial charge is 0.491 e. The number of benzene rings is 4. The van der Waals surface area contributed by atoms with Gasteiger partial charge in [0, 0.05) is 22.2 Å². The Bertz CT molecular complexity index is 1220. The average molecular weight is 721 g/mol. The minimum absolute atomic E-state index is 0. The molecule has 0 amide bonds. The fourth-order valence-electron chi connectivity index (χ4n) is 3.92. The van der Waals surface area contributed by atoms with E-state index in [9.17, 15) is 0 Å². The molecule has 0 spiro atoms. The summed E-state index contributed by atoms with van der Waals surface area (Å²) in [6.45, 7) is 10.1. The van der Waals surface area contributed by atoms with Crippen molar-refractivity contribution in [3.05, 3.63) is 88.5 Å². The number of hydrogen-bond acceptors (Lipinski definition) is 6. The Balaban J connectivity index is 0.000000357. The molecule has 0 fully saturated rings. The zero-order valence-electron chi connectivity index (χ0n) is 25.8. The van der Waals surface area contributed by atoms with E-state index in [1.54, 1.807) is 0 Å². The first-order valence-corrected chi connectivity index (χ1v) is 16.4. The molecule has 0 unspecified atom stereocenters. The summed E-state index contributed by atoms with van der Waals surface area (Å²) in [5.41, 5.74) is 0. The van der Waals surface area contributed by atoms with Crippen LogP contribution >= 0.6 is 22.6 Å². The summed E-state index contributed by atoms with van der Waals surface area (Å²) < 4.78 is 28.2. The van der Waals surface area contributed by atoms with E-state index < -0.39 is 0 Å². The highest BCUT2D eigenvalue weighted by atomic mass is 127. The third kappa shape index (κ3) is 17.3. The Morgan fingerprint density at radius 3 is 1.55 bits per heavy atom. The van der Waals surface area contributed by atoms with E-state index >= 15 is 0 Å². The van der Waals surface area contributed by atoms with E-state index in [1.165, 1.54) is 26.1 Å². The lowest BCUT2D eigenvalue weighted by Crippen LogP contribution is -2.11. The van der Waals surface area contributed by atoms with E-state index in [0.717, 1.165) is 43.6 Å². The van der Waals surface area contributed by atoms with Crippen molar-refractivity contribution in [1.29, 1.82) is 0 Å². The number of aliphatic hydroxyl groups excluding tert-OH is 1. The van der Waals surface area contributed by atoms with Crippen LogP contribution in [0.2, 0.25) is 0 Å². The van der Waals surface area contributed by atoms with Crippen LogP contribution in [0.5, 0.6) is 5.75 Å². The molecule has 44 heavy (non-hydrogen) atoms. The van der Waals surface area contributed by atoms with Gasteiger partial charge in [-0.25, -0.2) is 0 Å². The summed E-state index contributed by atoms with van der Waals surface area (Å²) in [7, 11) is 0. The molecule has 0 radical (unpaired) electrons. The smallest absolute Gasteiger partial charge is 0.127 e. The Hall–Kier alpha value is -2.27. The summed E-state index contributed by atoms with van der Waals surface area (Å²) in [4.78, 5) is 0. The van der Waals surface area contributed by atoms with Gasteiger partial charge in [-0.15, -0.1) is 0 Å². The van der Waals surface area contributed by atoms with Crippen molar-refractivity contribution in [3.8, 4) is 5.75 Å². The maximum absolute atomic E-state index is 8.34. The van der Waals surface area contributed by atoms with Crippen LogP contribution < -0.4 is 4.74 Å². The van der Waals surface area contributed by atoms with Crippen molar-refractivity contribution in [2.75, 3.05) is 66.1 Å². The molecule has 244 valence electrons. The Kier molecular flexibility index (Phi) is 24.5. The van der Waals surface area contributed by atoms with Gasteiger partial charge in [0.2, 0.25) is 0 Å². The maximum atomic E-state index is 8.34. The number of ether oxygens (including phenoxy) is 5. The van der Waals surface area contributed by atoms with Crippen LogP contribution in [0.25, 0.3) is 21.5 Å². The van der Waals surface area contributed by atoms with Crippen molar-refractivity contribution in [1.82, 2.24) is 0 Å². The zero-order chi connectivity index (χ0) is 30.8. The molecule has 1 N–H and O–H groups in total. The summed E-state index contributed by atoms with van der Waals surface area (Å²) in [5.74, 6) is 0.913. The van der Waals surface area contributed by atoms with Gasteiger partial charge in [0.25, 0.3) is 0 Å². The molecule has 0 aromatic heterocycles. The third-order valence-corrected chi connectivity index (χ3v) is 7.18. The van der Waals surface area contributed by atoms with Crippen molar-refractivity contribution < 1.29 is 28.8 Å². The Morgan fingerprint density at radius 1 is 0.523 bits per heavy atom. The minimum Gasteiger partial charge on any atom is -0.491 e. The standard InChI is InChI=1S/C18H24O3.C10H7I.C8H18O3.CH4/c1-2-3-11-19-12-13-20-14-15-21-18-10-6-8-16-7-4-5-9-17(16)18;11-10-7-3-5-8-4-1-2-6-9(8)10;1-2-3-5-10-7-8-11-6-4-9;/h4-10H,2-3,11-15H2,1H3;1-7H;9H,2-8H2,1H3;1H4. The number of hydrogen-bond donors (Lipinski definition) is 1. The van der Waals surface area contributed by atoms with E-state index in [2.05, 4.69) is 97.1 Å². The molecule has 0 heterocycles. The SMILES string of the molecule is C.CCCCOCCOCCO.CCCCOCCOCCOc1cccc2ccccc12.Ic1cccc2ccccc12. The van der Waals surface area contributed by atoms with E-state index in [4.69, 9.17) is 28.8 Å². The predicted octanol–water partition coefficient (Wildman–Crippen LogP) is 8.94. The van der Waals surface area contributed by atoms with E-state index in [-0.39, 0.29) is 14.0 Å². The number of unbranched alkanes of at least 4 members (excludes halogenated alkanes) is 2. The van der Waals surface area contributed by atoms with Gasteiger partial charge in [-0.1, -0.05) is 107 Å². The van der Waals surface area contributed by atoms with Gasteiger partial charge in [0.05, 0.1) is 46.2 Å². The lowest BCUT2D eigenvalue weighted by molar-refractivity contribution is 0.0324. The van der Waals surface area contributed by atoms with E-state index in [0.29, 0.717) is 46.2 Å². The molecular weight excluding hydrogens is 667 g/mol. The van der Waals surface area contributed by atoms with Crippen LogP contribution in [0.3, 0.4) is 0 Å². The number of rotatable bonds is 18. The van der Waals surface area contributed by atoms with Crippen LogP contribution in [-0.2, 0) is 18.9 Å². The fraction of sp³-hybridized carbons (Fsp3) is 0.459. The Morgan fingerprint density at radius 2 is 0.977 bits per heavy atom. The number of halogens is 1. The lowest BCUT2D eigenvalue weighted by atomic mass is 10.1. The molecule has 4 aromatic carbocycles. The molecule has 0 aliphatic heterocycles. The van der Waals surface area contributed by atoms with Gasteiger partial charge in [-0.05, 0) is 63.7 Å². The van der Waals surface area contributed by atoms with Crippen LogP contribution in [-0.4, -0.2) is 71.2 Å². The quantitative estimate of drug-likeness (QED) is 0.0819. The van der Waals surface area contributed by atoms with Gasteiger partial charge in [0.1, 0.15) is 12.4 Å². The summed E-state index contributed by atoms with van der Waals surface area (Å²) in [5, 5.41) is 13.3. The average Bonchev–Trinajstić information content (AvgIpc) is 3.04. The second kappa shape index (κ2) is 27.1. The first-order chi connectivity index (χ1) is 21.2. The van der Waals surface area contributed by atoms with Crippen LogP contribution in [0.1, 0.15) is 47.0 Å². The molecule has 0 bridgehead atoms. The monoisotopic (exact) mass is 720 g/mol. The highest BCUT2D eigenvalue weighted by molar-refractivity contribution is 14.1. The molecule has 7 heteroatoms. The van der Waals surface area contributed by atoms with Crippen molar-refractivity contribution in [2.24, 2.45) is 0 Å². The van der Waals surface area contributed by atoms with Gasteiger partial charge in [0.15, 0.2) is 0 Å². The number of fused-ring (bicyclic) bond motifs is 2. The molecular formula is C37H53IO6. The Labute approximate surface area is 279 Å². The normalized spacial score (nSPS) is 10.4. The molecule has 0 saturated heterocycles. The van der Waals surface area contributed by atoms with Crippen molar-refractivity contribution in [2.45, 2.75) is 47.0 Å². The molecule has 0 aliphatic carbocycles. The second-order valence-corrected chi connectivity index (χ2v) is 10.8. The molecule has 0 saturated carbocycles. The fourth-order valence-corrected chi connectivity index (χ4v) is 4.62. The minimum atomic E-state index is 0. The van der Waals surface area contributed by atoms with Crippen LogP contribution in [0.4, 0.5) is 0 Å². The maximum Gasteiger partial charge on any atom is 0.127 e. The lowest BCUT2D eigenvalue weighted by Gasteiger charge is -2.10. The summed E-state index contributed by atoms with van der Waals surface area (Å²) >= 11 is 2.36. The van der Waals surface area contributed by atoms with Crippen LogP contribution in [0.15, 0.2) is 84.9 Å². The van der Waals surface area contributed by atoms with Gasteiger partial charge < -0.3 is 28.8 Å². The van der Waals surface area contributed by atoms with E-state index in [1.807, 2.05) is 24.3 Å². The number of aliphatic hydroxyl groups is 1. The second-order valence-electron chi connectivity index (χ2n) is 9.67. The van der Waals surface area contributed by atoms with Gasteiger partial charge in [-0.3, -0.25) is 0 Å². The highest BCUT2D eigenvalue weighted by Crippen LogP contribution is 2.25. The van der Waals surface area contributed by atoms with Gasteiger partial charge in [-0.2, -0.15) is 0 Å². The first kappa shape index (κ1) is 39.8. The zero-order valence-corrected chi connectivity index (χ0v) is 28.0. The summed E-state index contributed by atoms with van der Waals surface area (Å²) in [6, 6.07) is 29.1. The van der Waals surface area contributed by atoms with Crippen molar-refractivity contribution in [3.63, 3.8) is 0 Å². The predicted molar refractivity (Wildman–Crippen MR) is 193 cm³/mol.